The molecule has 122 valence electrons. The number of aryl methyl sites for hydroxylation is 1. The van der Waals surface area contributed by atoms with Gasteiger partial charge in [0.15, 0.2) is 0 Å². The lowest BCUT2D eigenvalue weighted by molar-refractivity contribution is -0.116. The fourth-order valence-corrected chi connectivity index (χ4v) is 1.72. The Balaban J connectivity index is 2.41. The molecular formula is C16H23NO5. The fourth-order valence-electron chi connectivity index (χ4n) is 1.72. The monoisotopic (exact) mass is 309 g/mol. The minimum Gasteiger partial charge on any atom is -0.465 e. The average molecular weight is 309 g/mol. The van der Waals surface area contributed by atoms with Crippen molar-refractivity contribution in [2.24, 2.45) is 0 Å². The highest BCUT2D eigenvalue weighted by Crippen LogP contribution is 2.16. The van der Waals surface area contributed by atoms with E-state index >= 15 is 0 Å². The van der Waals surface area contributed by atoms with Gasteiger partial charge < -0.3 is 19.2 Å². The lowest BCUT2D eigenvalue weighted by Crippen LogP contribution is -2.23. The largest absolute Gasteiger partial charge is 0.465 e. The van der Waals surface area contributed by atoms with Crippen LogP contribution in [-0.4, -0.2) is 38.2 Å². The quantitative estimate of drug-likeness (QED) is 0.453. The molecule has 0 aromatic carbocycles. The van der Waals surface area contributed by atoms with Crippen LogP contribution in [-0.2, 0) is 14.3 Å². The molecule has 1 aromatic heterocycles. The van der Waals surface area contributed by atoms with E-state index in [0.29, 0.717) is 30.2 Å². The molecule has 0 spiro atoms. The van der Waals surface area contributed by atoms with Crippen molar-refractivity contribution in [1.82, 2.24) is 5.32 Å². The molecule has 0 aliphatic carbocycles. The van der Waals surface area contributed by atoms with Crippen molar-refractivity contribution in [2.75, 3.05) is 20.3 Å². The van der Waals surface area contributed by atoms with Crippen LogP contribution in [0.4, 0.5) is 0 Å². The maximum Gasteiger partial charge on any atom is 0.341 e. The summed E-state index contributed by atoms with van der Waals surface area (Å²) in [5.41, 5.74) is 0.355. The summed E-state index contributed by atoms with van der Waals surface area (Å²) >= 11 is 0. The van der Waals surface area contributed by atoms with Crippen molar-refractivity contribution >= 4 is 18.0 Å². The maximum atomic E-state index is 11.6. The summed E-state index contributed by atoms with van der Waals surface area (Å²) < 4.78 is 15.4. The second-order valence-corrected chi connectivity index (χ2v) is 5.01. The van der Waals surface area contributed by atoms with Crippen molar-refractivity contribution in [3.63, 3.8) is 0 Å². The van der Waals surface area contributed by atoms with E-state index in [-0.39, 0.29) is 12.0 Å². The number of esters is 1. The Morgan fingerprint density at radius 2 is 2.14 bits per heavy atom. The van der Waals surface area contributed by atoms with Crippen molar-refractivity contribution in [3.8, 4) is 0 Å². The van der Waals surface area contributed by atoms with Gasteiger partial charge in [0.1, 0.15) is 17.1 Å². The first-order valence-electron chi connectivity index (χ1n) is 7.20. The third kappa shape index (κ3) is 6.13. The number of nitrogens with one attached hydrogen (secondary N) is 1. The molecule has 0 radical (unpaired) electrons. The molecule has 0 atom stereocenters. The summed E-state index contributed by atoms with van der Waals surface area (Å²) in [4.78, 5) is 23.1. The Morgan fingerprint density at radius 3 is 2.77 bits per heavy atom. The molecule has 0 saturated heterocycles. The second kappa shape index (κ2) is 9.04. The van der Waals surface area contributed by atoms with Crippen molar-refractivity contribution in [2.45, 2.75) is 33.3 Å². The first-order valence-corrected chi connectivity index (χ1v) is 7.20. The van der Waals surface area contributed by atoms with E-state index in [1.54, 1.807) is 13.0 Å². The second-order valence-electron chi connectivity index (χ2n) is 5.01. The third-order valence-electron chi connectivity index (χ3n) is 2.81. The number of amides is 1. The summed E-state index contributed by atoms with van der Waals surface area (Å²) in [6, 6.07) is 1.54. The van der Waals surface area contributed by atoms with Gasteiger partial charge in [-0.2, -0.15) is 0 Å². The highest BCUT2D eigenvalue weighted by Gasteiger charge is 2.14. The van der Waals surface area contributed by atoms with Crippen LogP contribution in [0.1, 0.15) is 42.1 Å². The average Bonchev–Trinajstić information content (AvgIpc) is 2.84. The number of hydrogen-bond donors (Lipinski definition) is 1. The van der Waals surface area contributed by atoms with Crippen LogP contribution in [0.3, 0.4) is 0 Å². The predicted molar refractivity (Wildman–Crippen MR) is 82.5 cm³/mol. The molecule has 0 bridgehead atoms. The van der Waals surface area contributed by atoms with E-state index in [1.165, 1.54) is 19.3 Å². The maximum absolute atomic E-state index is 11.6. The van der Waals surface area contributed by atoms with Gasteiger partial charge in [0, 0.05) is 19.2 Å². The van der Waals surface area contributed by atoms with Gasteiger partial charge in [-0.15, -0.1) is 0 Å². The lowest BCUT2D eigenvalue weighted by atomic mass is 10.2. The smallest absolute Gasteiger partial charge is 0.341 e. The van der Waals surface area contributed by atoms with E-state index < -0.39 is 5.97 Å². The first-order chi connectivity index (χ1) is 10.4. The zero-order valence-corrected chi connectivity index (χ0v) is 13.5. The van der Waals surface area contributed by atoms with E-state index in [9.17, 15) is 9.59 Å². The number of carbonyl (C=O) groups excluding carboxylic acids is 2. The fraction of sp³-hybridized carbons (Fsp3) is 0.500. The first kappa shape index (κ1) is 18.0. The van der Waals surface area contributed by atoms with Gasteiger partial charge in [-0.3, -0.25) is 4.79 Å². The van der Waals surface area contributed by atoms with Crippen LogP contribution in [0.2, 0.25) is 0 Å². The number of methoxy groups -OCH3 is 1. The van der Waals surface area contributed by atoms with Crippen LogP contribution < -0.4 is 5.32 Å². The molecule has 0 aliphatic heterocycles. The van der Waals surface area contributed by atoms with Crippen LogP contribution in [0, 0.1) is 6.92 Å². The minimum absolute atomic E-state index is 0.196. The lowest BCUT2D eigenvalue weighted by Gasteiger charge is -2.07. The molecule has 6 heteroatoms. The van der Waals surface area contributed by atoms with Crippen LogP contribution in [0.15, 0.2) is 16.6 Å². The van der Waals surface area contributed by atoms with E-state index in [1.807, 2.05) is 13.8 Å². The van der Waals surface area contributed by atoms with Crippen molar-refractivity contribution in [3.05, 3.63) is 29.2 Å². The molecular weight excluding hydrogens is 286 g/mol. The summed E-state index contributed by atoms with van der Waals surface area (Å²) in [5.74, 6) is 0.197. The molecule has 1 rings (SSSR count). The molecule has 0 unspecified atom stereocenters. The molecule has 1 aromatic rings. The van der Waals surface area contributed by atoms with Gasteiger partial charge in [-0.1, -0.05) is 0 Å². The zero-order chi connectivity index (χ0) is 16.5. The summed E-state index contributed by atoms with van der Waals surface area (Å²) in [6.45, 7) is 6.75. The molecule has 6 nitrogen and oxygen atoms in total. The molecule has 1 heterocycles. The Labute approximate surface area is 130 Å². The molecule has 22 heavy (non-hydrogen) atoms. The van der Waals surface area contributed by atoms with E-state index in [0.717, 1.165) is 6.42 Å². The van der Waals surface area contributed by atoms with Crippen molar-refractivity contribution < 1.29 is 23.5 Å². The van der Waals surface area contributed by atoms with Gasteiger partial charge in [0.25, 0.3) is 0 Å². The molecule has 0 fully saturated rings. The Hall–Kier alpha value is -2.08. The topological polar surface area (TPSA) is 77.8 Å². The summed E-state index contributed by atoms with van der Waals surface area (Å²) in [5, 5.41) is 2.74. The highest BCUT2D eigenvalue weighted by atomic mass is 16.5. The Bertz CT molecular complexity index is 531. The van der Waals surface area contributed by atoms with E-state index in [4.69, 9.17) is 9.15 Å². The normalized spacial score (nSPS) is 11.1. The van der Waals surface area contributed by atoms with Gasteiger partial charge >= 0.3 is 5.97 Å². The third-order valence-corrected chi connectivity index (χ3v) is 2.81. The van der Waals surface area contributed by atoms with E-state index in [2.05, 4.69) is 10.1 Å². The van der Waals surface area contributed by atoms with Crippen molar-refractivity contribution in [1.29, 1.82) is 0 Å². The van der Waals surface area contributed by atoms with Crippen LogP contribution >= 0.6 is 0 Å². The highest BCUT2D eigenvalue weighted by molar-refractivity contribution is 5.93. The number of furan rings is 1. The number of hydrogen-bond acceptors (Lipinski definition) is 5. The molecule has 1 amide bonds. The SMILES string of the molecule is COC(=O)c1cc(/C=C/C(=O)NCCCOC(C)C)oc1C. The number of ether oxygens (including phenoxy) is 2. The zero-order valence-electron chi connectivity index (χ0n) is 13.5. The molecule has 0 aliphatic rings. The van der Waals surface area contributed by atoms with Crippen LogP contribution in [0.5, 0.6) is 0 Å². The molecule has 0 saturated carbocycles. The minimum atomic E-state index is -0.462. The Morgan fingerprint density at radius 1 is 1.41 bits per heavy atom. The molecule has 1 N–H and O–H groups in total. The number of rotatable bonds is 8. The predicted octanol–water partition coefficient (Wildman–Crippen LogP) is 2.32. The Kier molecular flexibility index (Phi) is 7.39. The van der Waals surface area contributed by atoms with Crippen LogP contribution in [0.25, 0.3) is 6.08 Å². The standard InChI is InChI=1S/C16H23NO5/c1-11(2)21-9-5-8-17-15(18)7-6-13-10-14(12(3)22-13)16(19)20-4/h6-7,10-11H,5,8-9H2,1-4H3,(H,17,18)/b7-6+. The van der Waals surface area contributed by atoms with Gasteiger partial charge in [-0.05, 0) is 39.3 Å². The van der Waals surface area contributed by atoms with Gasteiger partial charge in [0.2, 0.25) is 5.91 Å². The summed E-state index contributed by atoms with van der Waals surface area (Å²) in [6.07, 6.45) is 3.83. The summed E-state index contributed by atoms with van der Waals surface area (Å²) in [7, 11) is 1.31. The van der Waals surface area contributed by atoms with Gasteiger partial charge in [0.05, 0.1) is 13.2 Å². The van der Waals surface area contributed by atoms with Gasteiger partial charge in [-0.25, -0.2) is 4.79 Å². The number of carbonyl (C=O) groups is 2.